The average molecular weight is 399 g/mol. The predicted octanol–water partition coefficient (Wildman–Crippen LogP) is -0.271. The summed E-state index contributed by atoms with van der Waals surface area (Å²) in [5.41, 5.74) is 0. The minimum atomic E-state index is -3.56. The fourth-order valence-corrected chi connectivity index (χ4v) is 3.76. The lowest BCUT2D eigenvalue weighted by molar-refractivity contribution is -0.127. The molecule has 150 valence electrons. The van der Waals surface area contributed by atoms with E-state index in [1.807, 2.05) is 6.92 Å². The average Bonchev–Trinajstić information content (AvgIpc) is 2.70. The molecule has 0 bridgehead atoms. The van der Waals surface area contributed by atoms with Crippen LogP contribution in [0.4, 0.5) is 0 Å². The molecule has 0 unspecified atom stereocenters. The molecular weight excluding hydrogens is 374 g/mol. The maximum absolute atomic E-state index is 12.5. The molecule has 1 fully saturated rings. The van der Waals surface area contributed by atoms with Gasteiger partial charge in [0.05, 0.1) is 24.7 Å². The van der Waals surface area contributed by atoms with Crippen LogP contribution in [0.3, 0.4) is 0 Å². The molecule has 9 nitrogen and oxygen atoms in total. The highest BCUT2D eigenvalue weighted by molar-refractivity contribution is 7.89. The van der Waals surface area contributed by atoms with Gasteiger partial charge in [0.1, 0.15) is 5.75 Å². The van der Waals surface area contributed by atoms with E-state index in [2.05, 4.69) is 10.6 Å². The topological polar surface area (TPSA) is 114 Å². The van der Waals surface area contributed by atoms with Crippen LogP contribution in [0, 0.1) is 0 Å². The molecule has 0 atom stereocenters. The number of nitrogens with one attached hydrogen (secondary N) is 2. The van der Waals surface area contributed by atoms with Gasteiger partial charge in [-0.25, -0.2) is 8.42 Å². The standard InChI is InChI=1S/C17H25N3O6S/c1-2-7-18-16(21)12-19-17(22)13-26-14-3-5-15(6-4-14)27(23,24)20-8-10-25-11-9-20/h3-6H,2,7-13H2,1H3,(H,18,21)(H,19,22). The van der Waals surface area contributed by atoms with Crippen LogP contribution < -0.4 is 15.4 Å². The van der Waals surface area contributed by atoms with Crippen LogP contribution in [0.2, 0.25) is 0 Å². The van der Waals surface area contributed by atoms with Crippen LogP contribution in [-0.4, -0.2) is 70.5 Å². The monoisotopic (exact) mass is 399 g/mol. The smallest absolute Gasteiger partial charge is 0.258 e. The van der Waals surface area contributed by atoms with Crippen molar-refractivity contribution in [3.05, 3.63) is 24.3 Å². The van der Waals surface area contributed by atoms with E-state index in [9.17, 15) is 18.0 Å². The second kappa shape index (κ2) is 10.2. The van der Waals surface area contributed by atoms with Gasteiger partial charge < -0.3 is 20.1 Å². The minimum absolute atomic E-state index is 0.112. The highest BCUT2D eigenvalue weighted by atomic mass is 32.2. The highest BCUT2D eigenvalue weighted by Crippen LogP contribution is 2.20. The first-order valence-electron chi connectivity index (χ1n) is 8.77. The number of benzene rings is 1. The van der Waals surface area contributed by atoms with Gasteiger partial charge in [0, 0.05) is 19.6 Å². The van der Waals surface area contributed by atoms with Crippen LogP contribution in [-0.2, 0) is 24.3 Å². The van der Waals surface area contributed by atoms with E-state index in [4.69, 9.17) is 9.47 Å². The van der Waals surface area contributed by atoms with E-state index >= 15 is 0 Å². The Labute approximate surface area is 159 Å². The third-order valence-corrected chi connectivity index (χ3v) is 5.73. The van der Waals surface area contributed by atoms with Crippen molar-refractivity contribution in [2.75, 3.05) is 46.0 Å². The van der Waals surface area contributed by atoms with Crippen molar-refractivity contribution in [3.8, 4) is 5.75 Å². The maximum atomic E-state index is 12.5. The zero-order chi connectivity index (χ0) is 19.7. The number of sulfonamides is 1. The molecule has 2 amide bonds. The molecule has 2 rings (SSSR count). The van der Waals surface area contributed by atoms with Crippen LogP contribution >= 0.6 is 0 Å². The fraction of sp³-hybridized carbons (Fsp3) is 0.529. The van der Waals surface area contributed by atoms with Gasteiger partial charge in [-0.3, -0.25) is 9.59 Å². The normalized spacial score (nSPS) is 15.1. The van der Waals surface area contributed by atoms with Crippen molar-refractivity contribution < 1.29 is 27.5 Å². The molecule has 1 aliphatic rings. The third-order valence-electron chi connectivity index (χ3n) is 3.82. The SMILES string of the molecule is CCCNC(=O)CNC(=O)COc1ccc(S(=O)(=O)N2CCOCC2)cc1. The Hall–Kier alpha value is -2.17. The van der Waals surface area contributed by atoms with E-state index < -0.39 is 15.9 Å². The number of rotatable bonds is 9. The van der Waals surface area contributed by atoms with Crippen molar-refractivity contribution in [3.63, 3.8) is 0 Å². The van der Waals surface area contributed by atoms with Gasteiger partial charge in [-0.1, -0.05) is 6.92 Å². The predicted molar refractivity (Wildman–Crippen MR) is 97.8 cm³/mol. The highest BCUT2D eigenvalue weighted by Gasteiger charge is 2.26. The molecule has 0 aliphatic carbocycles. The molecule has 1 heterocycles. The van der Waals surface area contributed by atoms with Gasteiger partial charge in [-0.2, -0.15) is 4.31 Å². The molecule has 27 heavy (non-hydrogen) atoms. The molecule has 0 radical (unpaired) electrons. The summed E-state index contributed by atoms with van der Waals surface area (Å²) in [5.74, 6) is -0.337. The Morgan fingerprint density at radius 3 is 2.41 bits per heavy atom. The van der Waals surface area contributed by atoms with E-state index in [1.54, 1.807) is 0 Å². The molecular formula is C17H25N3O6S. The summed E-state index contributed by atoms with van der Waals surface area (Å²) in [6.07, 6.45) is 0.819. The Kier molecular flexibility index (Phi) is 8.01. The molecule has 2 N–H and O–H groups in total. The molecule has 0 spiro atoms. The van der Waals surface area contributed by atoms with Crippen LogP contribution in [0.1, 0.15) is 13.3 Å². The van der Waals surface area contributed by atoms with Gasteiger partial charge >= 0.3 is 0 Å². The summed E-state index contributed by atoms with van der Waals surface area (Å²) >= 11 is 0. The quantitative estimate of drug-likeness (QED) is 0.591. The Morgan fingerprint density at radius 1 is 1.11 bits per heavy atom. The second-order valence-corrected chi connectivity index (χ2v) is 7.84. The summed E-state index contributed by atoms with van der Waals surface area (Å²) < 4.78 is 36.9. The zero-order valence-electron chi connectivity index (χ0n) is 15.3. The van der Waals surface area contributed by atoms with Crippen LogP contribution in [0.25, 0.3) is 0 Å². The molecule has 0 aromatic heterocycles. The molecule has 1 aromatic carbocycles. The summed E-state index contributed by atoms with van der Waals surface area (Å²) in [4.78, 5) is 23.3. The first-order chi connectivity index (χ1) is 12.9. The number of hydrogen-bond donors (Lipinski definition) is 2. The lowest BCUT2D eigenvalue weighted by Gasteiger charge is -2.26. The van der Waals surface area contributed by atoms with Crippen LogP contribution in [0.15, 0.2) is 29.2 Å². The number of carbonyl (C=O) groups is 2. The zero-order valence-corrected chi connectivity index (χ0v) is 16.1. The molecule has 1 aliphatic heterocycles. The van der Waals surface area contributed by atoms with Crippen molar-refractivity contribution in [2.45, 2.75) is 18.2 Å². The first kappa shape index (κ1) is 21.1. The summed E-state index contributed by atoms with van der Waals surface area (Å²) in [7, 11) is -3.56. The summed E-state index contributed by atoms with van der Waals surface area (Å²) in [5, 5.41) is 5.10. The van der Waals surface area contributed by atoms with Gasteiger partial charge in [0.2, 0.25) is 15.9 Å². The molecule has 1 saturated heterocycles. The maximum Gasteiger partial charge on any atom is 0.258 e. The fourth-order valence-electron chi connectivity index (χ4n) is 2.35. The lowest BCUT2D eigenvalue weighted by atomic mass is 10.3. The Bertz CT molecular complexity index is 730. The van der Waals surface area contributed by atoms with Gasteiger partial charge in [-0.15, -0.1) is 0 Å². The van der Waals surface area contributed by atoms with Gasteiger partial charge in [0.25, 0.3) is 5.91 Å². The van der Waals surface area contributed by atoms with E-state index in [1.165, 1.54) is 28.6 Å². The number of nitrogens with zero attached hydrogens (tertiary/aromatic N) is 1. The van der Waals surface area contributed by atoms with Crippen molar-refractivity contribution in [2.24, 2.45) is 0 Å². The van der Waals surface area contributed by atoms with E-state index in [0.717, 1.165) is 6.42 Å². The third kappa shape index (κ3) is 6.49. The summed E-state index contributed by atoms with van der Waals surface area (Å²) in [6.45, 7) is 3.53. The minimum Gasteiger partial charge on any atom is -0.484 e. The van der Waals surface area contributed by atoms with Crippen molar-refractivity contribution in [1.29, 1.82) is 0 Å². The Balaban J connectivity index is 1.81. The molecule has 1 aromatic rings. The summed E-state index contributed by atoms with van der Waals surface area (Å²) in [6, 6.07) is 5.87. The first-order valence-corrected chi connectivity index (χ1v) is 10.2. The van der Waals surface area contributed by atoms with Gasteiger partial charge in [-0.05, 0) is 30.7 Å². The number of carbonyl (C=O) groups excluding carboxylic acids is 2. The number of amides is 2. The molecule has 10 heteroatoms. The van der Waals surface area contributed by atoms with Crippen LogP contribution in [0.5, 0.6) is 5.75 Å². The number of morpholine rings is 1. The largest absolute Gasteiger partial charge is 0.484 e. The number of ether oxygens (including phenoxy) is 2. The Morgan fingerprint density at radius 2 is 1.78 bits per heavy atom. The van der Waals surface area contributed by atoms with Crippen molar-refractivity contribution in [1.82, 2.24) is 14.9 Å². The lowest BCUT2D eigenvalue weighted by Crippen LogP contribution is -2.40. The molecule has 0 saturated carbocycles. The van der Waals surface area contributed by atoms with E-state index in [-0.39, 0.29) is 24.0 Å². The van der Waals surface area contributed by atoms with Gasteiger partial charge in [0.15, 0.2) is 6.61 Å². The second-order valence-electron chi connectivity index (χ2n) is 5.90. The van der Waals surface area contributed by atoms with E-state index in [0.29, 0.717) is 38.6 Å². The van der Waals surface area contributed by atoms with Crippen molar-refractivity contribution >= 4 is 21.8 Å². The number of hydrogen-bond acceptors (Lipinski definition) is 6.